The molecule has 1 heterocycles. The van der Waals surface area contributed by atoms with E-state index in [4.69, 9.17) is 0 Å². The molecule has 2 fully saturated rings. The van der Waals surface area contributed by atoms with Crippen LogP contribution in [0.25, 0.3) is 0 Å². The molecule has 0 aromatic rings. The second-order valence-corrected chi connectivity index (χ2v) is 5.63. The summed E-state index contributed by atoms with van der Waals surface area (Å²) < 4.78 is 0. The molecular formula is C12H24N2O. The Morgan fingerprint density at radius 3 is 2.60 bits per heavy atom. The molecule has 0 aromatic carbocycles. The molecule has 2 rings (SSSR count). The average molecular weight is 212 g/mol. The minimum Gasteiger partial charge on any atom is -0.395 e. The van der Waals surface area contributed by atoms with E-state index in [-0.39, 0.29) is 12.1 Å². The van der Waals surface area contributed by atoms with Gasteiger partial charge in [0, 0.05) is 30.7 Å². The first-order chi connectivity index (χ1) is 7.15. The number of nitrogens with one attached hydrogen (secondary N) is 1. The van der Waals surface area contributed by atoms with Crippen molar-refractivity contribution in [1.29, 1.82) is 0 Å². The number of hydrogen-bond acceptors (Lipinski definition) is 3. The summed E-state index contributed by atoms with van der Waals surface area (Å²) >= 11 is 0. The fourth-order valence-electron chi connectivity index (χ4n) is 3.36. The van der Waals surface area contributed by atoms with Crippen LogP contribution < -0.4 is 5.32 Å². The first kappa shape index (κ1) is 11.4. The highest BCUT2D eigenvalue weighted by molar-refractivity contribution is 4.98. The number of hydrogen-bond donors (Lipinski definition) is 2. The maximum atomic E-state index is 9.47. The van der Waals surface area contributed by atoms with Crippen LogP contribution in [0.2, 0.25) is 0 Å². The van der Waals surface area contributed by atoms with Crippen LogP contribution in [0.5, 0.6) is 0 Å². The summed E-state index contributed by atoms with van der Waals surface area (Å²) in [5.41, 5.74) is 0.195. The highest BCUT2D eigenvalue weighted by atomic mass is 16.3. The molecule has 15 heavy (non-hydrogen) atoms. The molecule has 1 aliphatic heterocycles. The molecule has 1 saturated carbocycles. The quantitative estimate of drug-likeness (QED) is 0.716. The molecule has 3 nitrogen and oxygen atoms in total. The third-order valence-corrected chi connectivity index (χ3v) is 3.96. The van der Waals surface area contributed by atoms with Gasteiger partial charge in [-0.3, -0.25) is 4.90 Å². The zero-order valence-electron chi connectivity index (χ0n) is 10.00. The molecule has 0 aromatic heterocycles. The molecule has 0 amide bonds. The van der Waals surface area contributed by atoms with Crippen LogP contribution in [0.1, 0.15) is 39.5 Å². The monoisotopic (exact) mass is 212 g/mol. The lowest BCUT2D eigenvalue weighted by Crippen LogP contribution is -2.66. The second kappa shape index (κ2) is 4.40. The van der Waals surface area contributed by atoms with Gasteiger partial charge in [-0.1, -0.05) is 12.8 Å². The molecular weight excluding hydrogens is 188 g/mol. The maximum absolute atomic E-state index is 9.47. The van der Waals surface area contributed by atoms with Gasteiger partial charge in [-0.25, -0.2) is 0 Å². The van der Waals surface area contributed by atoms with E-state index in [9.17, 15) is 5.11 Å². The van der Waals surface area contributed by atoms with Gasteiger partial charge in [-0.2, -0.15) is 0 Å². The van der Waals surface area contributed by atoms with Crippen molar-refractivity contribution in [2.75, 3.05) is 19.7 Å². The van der Waals surface area contributed by atoms with Crippen molar-refractivity contribution in [3.8, 4) is 0 Å². The molecule has 1 aliphatic carbocycles. The number of aliphatic hydroxyl groups is 1. The normalized spacial score (nSPS) is 33.4. The third-order valence-electron chi connectivity index (χ3n) is 3.96. The van der Waals surface area contributed by atoms with Crippen molar-refractivity contribution in [3.63, 3.8) is 0 Å². The first-order valence-electron chi connectivity index (χ1n) is 6.25. The fraction of sp³-hybridized carbons (Fsp3) is 1.00. The molecule has 1 atom stereocenters. The molecule has 2 aliphatic rings. The van der Waals surface area contributed by atoms with Crippen molar-refractivity contribution in [3.05, 3.63) is 0 Å². The predicted molar refractivity (Wildman–Crippen MR) is 61.9 cm³/mol. The number of piperazine rings is 1. The second-order valence-electron chi connectivity index (χ2n) is 5.63. The highest BCUT2D eigenvalue weighted by Gasteiger charge is 2.40. The Morgan fingerprint density at radius 2 is 2.00 bits per heavy atom. The number of aliphatic hydroxyl groups excluding tert-OH is 1. The molecule has 1 unspecified atom stereocenters. The topological polar surface area (TPSA) is 35.5 Å². The van der Waals surface area contributed by atoms with Gasteiger partial charge in [0.15, 0.2) is 0 Å². The van der Waals surface area contributed by atoms with E-state index in [1.807, 2.05) is 0 Å². The standard InChI is InChI=1S/C12H24N2O/c1-12(2)9-13-7-11(8-15)14(12)10-5-3-4-6-10/h10-11,13,15H,3-9H2,1-2H3. The Bertz CT molecular complexity index is 210. The van der Waals surface area contributed by atoms with E-state index in [1.54, 1.807) is 0 Å². The highest BCUT2D eigenvalue weighted by Crippen LogP contribution is 2.32. The van der Waals surface area contributed by atoms with E-state index < -0.39 is 0 Å². The average Bonchev–Trinajstić information content (AvgIpc) is 2.68. The van der Waals surface area contributed by atoms with Gasteiger partial charge in [0.25, 0.3) is 0 Å². The van der Waals surface area contributed by atoms with Crippen molar-refractivity contribution < 1.29 is 5.11 Å². The van der Waals surface area contributed by atoms with Gasteiger partial charge in [-0.05, 0) is 26.7 Å². The van der Waals surface area contributed by atoms with Crippen LogP contribution >= 0.6 is 0 Å². The summed E-state index contributed by atoms with van der Waals surface area (Å²) in [7, 11) is 0. The van der Waals surface area contributed by atoms with Crippen LogP contribution in [0.15, 0.2) is 0 Å². The predicted octanol–water partition coefficient (Wildman–Crippen LogP) is 0.974. The largest absolute Gasteiger partial charge is 0.395 e. The van der Waals surface area contributed by atoms with Gasteiger partial charge in [0.2, 0.25) is 0 Å². The summed E-state index contributed by atoms with van der Waals surface area (Å²) in [4.78, 5) is 2.58. The van der Waals surface area contributed by atoms with Crippen LogP contribution in [0.3, 0.4) is 0 Å². The lowest BCUT2D eigenvalue weighted by atomic mass is 9.93. The van der Waals surface area contributed by atoms with Crippen molar-refractivity contribution in [2.24, 2.45) is 0 Å². The third kappa shape index (κ3) is 2.19. The number of nitrogens with zero attached hydrogens (tertiary/aromatic N) is 1. The van der Waals surface area contributed by atoms with Crippen LogP contribution in [0, 0.1) is 0 Å². The summed E-state index contributed by atoms with van der Waals surface area (Å²) in [6, 6.07) is 1.02. The summed E-state index contributed by atoms with van der Waals surface area (Å²) in [6.45, 7) is 6.85. The molecule has 0 spiro atoms. The lowest BCUT2D eigenvalue weighted by Gasteiger charge is -2.50. The molecule has 3 heteroatoms. The minimum atomic E-state index is 0.195. The van der Waals surface area contributed by atoms with Crippen molar-refractivity contribution in [1.82, 2.24) is 10.2 Å². The van der Waals surface area contributed by atoms with Gasteiger partial charge >= 0.3 is 0 Å². The maximum Gasteiger partial charge on any atom is 0.0599 e. The molecule has 0 bridgehead atoms. The van der Waals surface area contributed by atoms with Gasteiger partial charge < -0.3 is 10.4 Å². The smallest absolute Gasteiger partial charge is 0.0599 e. The van der Waals surface area contributed by atoms with Crippen LogP contribution in [0.4, 0.5) is 0 Å². The molecule has 0 radical (unpaired) electrons. The van der Waals surface area contributed by atoms with Crippen molar-refractivity contribution in [2.45, 2.75) is 57.2 Å². The zero-order valence-corrected chi connectivity index (χ0v) is 10.00. The Morgan fingerprint density at radius 1 is 1.33 bits per heavy atom. The van der Waals surface area contributed by atoms with E-state index in [0.29, 0.717) is 12.1 Å². The summed E-state index contributed by atoms with van der Waals surface area (Å²) in [6.07, 6.45) is 5.37. The fourth-order valence-corrected chi connectivity index (χ4v) is 3.36. The van der Waals surface area contributed by atoms with Gasteiger partial charge in [0.05, 0.1) is 6.61 Å². The first-order valence-corrected chi connectivity index (χ1v) is 6.25. The Balaban J connectivity index is 2.12. The van der Waals surface area contributed by atoms with Crippen LogP contribution in [-0.2, 0) is 0 Å². The Hall–Kier alpha value is -0.120. The SMILES string of the molecule is CC1(C)CNCC(CO)N1C1CCCC1. The van der Waals surface area contributed by atoms with Gasteiger partial charge in [-0.15, -0.1) is 0 Å². The van der Waals surface area contributed by atoms with E-state index in [0.717, 1.165) is 13.1 Å². The molecule has 2 N–H and O–H groups in total. The van der Waals surface area contributed by atoms with Crippen LogP contribution in [-0.4, -0.2) is 47.3 Å². The van der Waals surface area contributed by atoms with E-state index in [1.165, 1.54) is 25.7 Å². The van der Waals surface area contributed by atoms with Crippen molar-refractivity contribution >= 4 is 0 Å². The van der Waals surface area contributed by atoms with Gasteiger partial charge in [0.1, 0.15) is 0 Å². The summed E-state index contributed by atoms with van der Waals surface area (Å²) in [5, 5.41) is 12.9. The molecule has 1 saturated heterocycles. The molecule has 88 valence electrons. The lowest BCUT2D eigenvalue weighted by molar-refractivity contribution is -0.0230. The summed E-state index contributed by atoms with van der Waals surface area (Å²) in [5.74, 6) is 0. The van der Waals surface area contributed by atoms with E-state index >= 15 is 0 Å². The minimum absolute atomic E-state index is 0.195. The zero-order chi connectivity index (χ0) is 10.9. The Labute approximate surface area is 92.8 Å². The van der Waals surface area contributed by atoms with E-state index in [2.05, 4.69) is 24.1 Å². The number of rotatable bonds is 2. The Kier molecular flexibility index (Phi) is 3.33.